The molecule has 0 unspecified atom stereocenters. The lowest BCUT2D eigenvalue weighted by molar-refractivity contribution is 0.363. The minimum Gasteiger partial charge on any atom is -0.508 e. The van der Waals surface area contributed by atoms with Gasteiger partial charge in [-0.25, -0.2) is 0 Å². The smallest absolute Gasteiger partial charge is 0.119 e. The normalized spacial score (nSPS) is 9.89. The molecule has 0 amide bonds. The Bertz CT molecular complexity index is 517. The Hall–Kier alpha value is -2.42. The molecule has 0 saturated heterocycles. The minimum absolute atomic E-state index is 0.272. The Kier molecular flexibility index (Phi) is 4.45. The lowest BCUT2D eigenvalue weighted by atomic mass is 10.2. The van der Waals surface area contributed by atoms with E-state index >= 15 is 0 Å². The van der Waals surface area contributed by atoms with Crippen molar-refractivity contribution in [2.75, 3.05) is 11.9 Å². The van der Waals surface area contributed by atoms with Crippen LogP contribution < -0.4 is 10.1 Å². The van der Waals surface area contributed by atoms with E-state index in [4.69, 9.17) is 4.74 Å². The standard InChI is InChI=1S/C16H17NO2/c1-2-11-19-16-9-3-13(4-10-16)12-17-14-5-7-15(18)8-6-14/h2-10,17-18H,1,11-12H2. The van der Waals surface area contributed by atoms with E-state index in [1.807, 2.05) is 36.4 Å². The SMILES string of the molecule is C=CCOc1ccc(CNc2ccc(O)cc2)cc1. The third-order valence-corrected chi connectivity index (χ3v) is 2.66. The highest BCUT2D eigenvalue weighted by atomic mass is 16.5. The summed E-state index contributed by atoms with van der Waals surface area (Å²) in [7, 11) is 0. The van der Waals surface area contributed by atoms with Crippen LogP contribution in [0.25, 0.3) is 0 Å². The first kappa shape index (κ1) is 13.0. The van der Waals surface area contributed by atoms with Gasteiger partial charge in [-0.15, -0.1) is 0 Å². The molecule has 2 aromatic rings. The molecule has 0 aliphatic rings. The predicted molar refractivity (Wildman–Crippen MR) is 77.6 cm³/mol. The van der Waals surface area contributed by atoms with Crippen LogP contribution in [0.4, 0.5) is 5.69 Å². The Labute approximate surface area is 113 Å². The lowest BCUT2D eigenvalue weighted by Gasteiger charge is -2.08. The van der Waals surface area contributed by atoms with Gasteiger partial charge in [0, 0.05) is 12.2 Å². The van der Waals surface area contributed by atoms with Gasteiger partial charge in [0.05, 0.1) is 0 Å². The second-order valence-corrected chi connectivity index (χ2v) is 4.14. The molecule has 3 nitrogen and oxygen atoms in total. The lowest BCUT2D eigenvalue weighted by Crippen LogP contribution is -1.99. The van der Waals surface area contributed by atoms with Crippen LogP contribution in [-0.2, 0) is 6.54 Å². The number of nitrogens with one attached hydrogen (secondary N) is 1. The van der Waals surface area contributed by atoms with E-state index in [1.165, 1.54) is 5.56 Å². The maximum absolute atomic E-state index is 9.19. The predicted octanol–water partition coefficient (Wildman–Crippen LogP) is 3.57. The molecule has 0 radical (unpaired) electrons. The van der Waals surface area contributed by atoms with Crippen LogP contribution in [-0.4, -0.2) is 11.7 Å². The van der Waals surface area contributed by atoms with Gasteiger partial charge in [-0.3, -0.25) is 0 Å². The molecule has 0 atom stereocenters. The summed E-state index contributed by atoms with van der Waals surface area (Å²) >= 11 is 0. The second kappa shape index (κ2) is 6.50. The van der Waals surface area contributed by atoms with E-state index in [0.717, 1.165) is 18.0 Å². The maximum atomic E-state index is 9.19. The zero-order valence-electron chi connectivity index (χ0n) is 10.7. The van der Waals surface area contributed by atoms with E-state index < -0.39 is 0 Å². The number of hydrogen-bond acceptors (Lipinski definition) is 3. The Morgan fingerprint density at radius 1 is 1.05 bits per heavy atom. The third-order valence-electron chi connectivity index (χ3n) is 2.66. The topological polar surface area (TPSA) is 41.5 Å². The first-order valence-corrected chi connectivity index (χ1v) is 6.13. The number of phenolic OH excluding ortho intramolecular Hbond substituents is 1. The molecule has 2 N–H and O–H groups in total. The molecule has 98 valence electrons. The zero-order valence-corrected chi connectivity index (χ0v) is 10.7. The number of anilines is 1. The molecule has 2 rings (SSSR count). The first-order valence-electron chi connectivity index (χ1n) is 6.13. The molecule has 0 aliphatic heterocycles. The number of ether oxygens (including phenoxy) is 1. The number of phenols is 1. The van der Waals surface area contributed by atoms with Crippen molar-refractivity contribution >= 4 is 5.69 Å². The number of aromatic hydroxyl groups is 1. The van der Waals surface area contributed by atoms with Crippen molar-refractivity contribution in [3.8, 4) is 11.5 Å². The van der Waals surface area contributed by atoms with Gasteiger partial charge in [-0.1, -0.05) is 24.8 Å². The molecule has 0 fully saturated rings. The Morgan fingerprint density at radius 2 is 1.74 bits per heavy atom. The fraction of sp³-hybridized carbons (Fsp3) is 0.125. The minimum atomic E-state index is 0.272. The van der Waals surface area contributed by atoms with E-state index in [2.05, 4.69) is 11.9 Å². The van der Waals surface area contributed by atoms with Crippen molar-refractivity contribution in [2.45, 2.75) is 6.54 Å². The summed E-state index contributed by atoms with van der Waals surface area (Å²) in [6, 6.07) is 14.9. The molecule has 0 bridgehead atoms. The molecule has 0 aromatic heterocycles. The molecular weight excluding hydrogens is 238 g/mol. The molecule has 0 spiro atoms. The zero-order chi connectivity index (χ0) is 13.5. The number of rotatable bonds is 6. The van der Waals surface area contributed by atoms with Gasteiger partial charge in [0.1, 0.15) is 18.1 Å². The quantitative estimate of drug-likeness (QED) is 0.612. The highest BCUT2D eigenvalue weighted by Crippen LogP contribution is 2.16. The van der Waals surface area contributed by atoms with Gasteiger partial charge in [0.15, 0.2) is 0 Å². The summed E-state index contributed by atoms with van der Waals surface area (Å²) in [5.74, 6) is 1.11. The van der Waals surface area contributed by atoms with Crippen molar-refractivity contribution in [2.24, 2.45) is 0 Å². The van der Waals surface area contributed by atoms with Gasteiger partial charge < -0.3 is 15.2 Å². The van der Waals surface area contributed by atoms with Crippen LogP contribution in [0.3, 0.4) is 0 Å². The van der Waals surface area contributed by atoms with Crippen LogP contribution >= 0.6 is 0 Å². The van der Waals surface area contributed by atoms with Gasteiger partial charge >= 0.3 is 0 Å². The van der Waals surface area contributed by atoms with Gasteiger partial charge in [0.25, 0.3) is 0 Å². The van der Waals surface area contributed by atoms with Crippen LogP contribution in [0.1, 0.15) is 5.56 Å². The summed E-state index contributed by atoms with van der Waals surface area (Å²) in [5, 5.41) is 12.5. The third kappa shape index (κ3) is 4.07. The second-order valence-electron chi connectivity index (χ2n) is 4.14. The molecule has 19 heavy (non-hydrogen) atoms. The summed E-state index contributed by atoms with van der Waals surface area (Å²) in [6.45, 7) is 4.86. The van der Waals surface area contributed by atoms with Crippen molar-refractivity contribution in [1.82, 2.24) is 0 Å². The summed E-state index contributed by atoms with van der Waals surface area (Å²) < 4.78 is 5.42. The van der Waals surface area contributed by atoms with Crippen molar-refractivity contribution in [3.63, 3.8) is 0 Å². The van der Waals surface area contributed by atoms with Crippen LogP contribution in [0.2, 0.25) is 0 Å². The molecule has 0 saturated carbocycles. The average Bonchev–Trinajstić information content (AvgIpc) is 2.46. The summed E-state index contributed by atoms with van der Waals surface area (Å²) in [6.07, 6.45) is 1.72. The molecule has 2 aromatic carbocycles. The van der Waals surface area contributed by atoms with Crippen molar-refractivity contribution in [1.29, 1.82) is 0 Å². The van der Waals surface area contributed by atoms with Crippen molar-refractivity contribution < 1.29 is 9.84 Å². The monoisotopic (exact) mass is 255 g/mol. The average molecular weight is 255 g/mol. The summed E-state index contributed by atoms with van der Waals surface area (Å²) in [4.78, 5) is 0. The fourth-order valence-corrected chi connectivity index (χ4v) is 1.64. The highest BCUT2D eigenvalue weighted by molar-refractivity contribution is 5.46. The van der Waals surface area contributed by atoms with Gasteiger partial charge in [-0.2, -0.15) is 0 Å². The van der Waals surface area contributed by atoms with E-state index in [-0.39, 0.29) is 5.75 Å². The fourth-order valence-electron chi connectivity index (χ4n) is 1.64. The van der Waals surface area contributed by atoms with Crippen molar-refractivity contribution in [3.05, 3.63) is 66.7 Å². The molecular formula is C16H17NO2. The van der Waals surface area contributed by atoms with Crippen LogP contribution in [0.5, 0.6) is 11.5 Å². The van der Waals surface area contributed by atoms with Gasteiger partial charge in [0.2, 0.25) is 0 Å². The Morgan fingerprint density at radius 3 is 2.37 bits per heavy atom. The van der Waals surface area contributed by atoms with Crippen LogP contribution in [0.15, 0.2) is 61.2 Å². The van der Waals surface area contributed by atoms with Gasteiger partial charge in [-0.05, 0) is 42.0 Å². The molecule has 0 aliphatic carbocycles. The van der Waals surface area contributed by atoms with E-state index in [1.54, 1.807) is 18.2 Å². The number of hydrogen-bond donors (Lipinski definition) is 2. The van der Waals surface area contributed by atoms with E-state index in [9.17, 15) is 5.11 Å². The number of benzene rings is 2. The van der Waals surface area contributed by atoms with E-state index in [0.29, 0.717) is 6.61 Å². The first-order chi connectivity index (χ1) is 9.28. The summed E-state index contributed by atoms with van der Waals surface area (Å²) in [5.41, 5.74) is 2.14. The Balaban J connectivity index is 1.89. The highest BCUT2D eigenvalue weighted by Gasteiger charge is 1.96. The molecule has 0 heterocycles. The molecule has 3 heteroatoms. The van der Waals surface area contributed by atoms with Crippen LogP contribution in [0, 0.1) is 0 Å². The largest absolute Gasteiger partial charge is 0.508 e. The maximum Gasteiger partial charge on any atom is 0.119 e.